The lowest BCUT2D eigenvalue weighted by molar-refractivity contribution is 0.229. The zero-order valence-electron chi connectivity index (χ0n) is 14.8. The molecule has 26 heavy (non-hydrogen) atoms. The Morgan fingerprint density at radius 2 is 2.31 bits per heavy atom. The summed E-state index contributed by atoms with van der Waals surface area (Å²) in [6.07, 6.45) is 6.54. The molecule has 136 valence electrons. The molecule has 2 aromatic heterocycles. The number of fused-ring (bicyclic) bond motifs is 3. The van der Waals surface area contributed by atoms with Crippen LogP contribution in [-0.4, -0.2) is 42.7 Å². The molecule has 3 heterocycles. The van der Waals surface area contributed by atoms with Crippen molar-refractivity contribution in [3.63, 3.8) is 0 Å². The molecule has 3 aromatic rings. The lowest BCUT2D eigenvalue weighted by Gasteiger charge is -2.29. The third-order valence-corrected chi connectivity index (χ3v) is 5.92. The average molecular weight is 369 g/mol. The molecule has 1 unspecified atom stereocenters. The van der Waals surface area contributed by atoms with Crippen molar-refractivity contribution >= 4 is 38.4 Å². The number of benzene rings is 1. The minimum atomic E-state index is -0.0371. The molecule has 1 saturated heterocycles. The summed E-state index contributed by atoms with van der Waals surface area (Å²) >= 11 is 1.47. The van der Waals surface area contributed by atoms with Crippen LogP contribution < -0.4 is 16.0 Å². The van der Waals surface area contributed by atoms with Gasteiger partial charge in [0.1, 0.15) is 10.4 Å². The van der Waals surface area contributed by atoms with E-state index in [9.17, 15) is 4.79 Å². The second-order valence-corrected chi connectivity index (χ2v) is 7.70. The maximum atomic E-state index is 12.3. The van der Waals surface area contributed by atoms with Crippen LogP contribution in [0.3, 0.4) is 0 Å². The zero-order valence-corrected chi connectivity index (χ0v) is 15.6. The lowest BCUT2D eigenvalue weighted by Crippen LogP contribution is -2.42. The first-order valence-electron chi connectivity index (χ1n) is 8.92. The monoisotopic (exact) mass is 369 g/mol. The van der Waals surface area contributed by atoms with E-state index in [2.05, 4.69) is 22.0 Å². The van der Waals surface area contributed by atoms with Crippen molar-refractivity contribution in [2.75, 3.05) is 26.7 Å². The Bertz CT molecular complexity index is 1020. The Hall–Kier alpha value is -2.15. The SMILES string of the molecule is COc1ccc2[nH]c(=O)c3sccc3c2c1/C=C/CN1CCCC(N)C1. The number of H-pyrrole nitrogens is 1. The predicted octanol–water partition coefficient (Wildman–Crippen LogP) is 3.19. The number of ether oxygens (including phenoxy) is 1. The third kappa shape index (κ3) is 3.16. The van der Waals surface area contributed by atoms with E-state index in [1.165, 1.54) is 11.3 Å². The van der Waals surface area contributed by atoms with Gasteiger partial charge >= 0.3 is 0 Å². The Balaban J connectivity index is 1.76. The minimum Gasteiger partial charge on any atom is -0.496 e. The van der Waals surface area contributed by atoms with E-state index in [1.54, 1.807) is 7.11 Å². The van der Waals surface area contributed by atoms with Gasteiger partial charge in [-0.2, -0.15) is 0 Å². The van der Waals surface area contributed by atoms with Crippen molar-refractivity contribution in [1.29, 1.82) is 0 Å². The second-order valence-electron chi connectivity index (χ2n) is 6.79. The van der Waals surface area contributed by atoms with E-state index < -0.39 is 0 Å². The topological polar surface area (TPSA) is 71.4 Å². The van der Waals surface area contributed by atoms with Crippen LogP contribution in [0.2, 0.25) is 0 Å². The van der Waals surface area contributed by atoms with Crippen LogP contribution in [0, 0.1) is 0 Å². The summed E-state index contributed by atoms with van der Waals surface area (Å²) in [5.74, 6) is 0.809. The summed E-state index contributed by atoms with van der Waals surface area (Å²) in [7, 11) is 1.68. The number of nitrogens with one attached hydrogen (secondary N) is 1. The number of piperidine rings is 1. The van der Waals surface area contributed by atoms with Gasteiger partial charge in [0, 0.05) is 41.0 Å². The van der Waals surface area contributed by atoms with Crippen LogP contribution in [0.25, 0.3) is 27.1 Å². The van der Waals surface area contributed by atoms with Gasteiger partial charge in [-0.3, -0.25) is 9.69 Å². The van der Waals surface area contributed by atoms with E-state index in [0.29, 0.717) is 0 Å². The molecular weight excluding hydrogens is 346 g/mol. The fourth-order valence-corrected chi connectivity index (χ4v) is 4.57. The van der Waals surface area contributed by atoms with Gasteiger partial charge in [0.15, 0.2) is 0 Å². The van der Waals surface area contributed by atoms with Crippen molar-refractivity contribution in [3.05, 3.63) is 45.6 Å². The minimum absolute atomic E-state index is 0.0371. The van der Waals surface area contributed by atoms with Crippen molar-refractivity contribution in [2.24, 2.45) is 5.73 Å². The second kappa shape index (κ2) is 7.23. The molecule has 0 amide bonds. The molecule has 1 fully saturated rings. The van der Waals surface area contributed by atoms with Crippen LogP contribution in [0.1, 0.15) is 18.4 Å². The Morgan fingerprint density at radius 1 is 1.42 bits per heavy atom. The third-order valence-electron chi connectivity index (χ3n) is 5.00. The summed E-state index contributed by atoms with van der Waals surface area (Å²) in [5, 5.41) is 3.97. The summed E-state index contributed by atoms with van der Waals surface area (Å²) in [5.41, 5.74) is 7.88. The molecule has 0 saturated carbocycles. The molecule has 1 aliphatic heterocycles. The molecule has 1 atom stereocenters. The van der Waals surface area contributed by atoms with Crippen molar-refractivity contribution < 1.29 is 4.74 Å². The van der Waals surface area contributed by atoms with Gasteiger partial charge in [-0.15, -0.1) is 11.3 Å². The standard InChI is InChI=1S/C20H23N3O2S/c1-25-17-7-6-16-18(15-8-11-26-19(15)20(24)22-16)14(17)5-3-10-23-9-2-4-13(21)12-23/h3,5-8,11,13H,2,4,9-10,12,21H2,1H3,(H,22,24)/b5-3+. The van der Waals surface area contributed by atoms with Gasteiger partial charge in [-0.05, 0) is 43.0 Å². The number of methoxy groups -OCH3 is 1. The van der Waals surface area contributed by atoms with Gasteiger partial charge in [-0.1, -0.05) is 12.2 Å². The molecule has 1 aromatic carbocycles. The van der Waals surface area contributed by atoms with Gasteiger partial charge in [0.2, 0.25) is 0 Å². The molecule has 6 heteroatoms. The first-order chi connectivity index (χ1) is 12.7. The number of pyridine rings is 1. The highest BCUT2D eigenvalue weighted by molar-refractivity contribution is 7.17. The maximum Gasteiger partial charge on any atom is 0.266 e. The van der Waals surface area contributed by atoms with Gasteiger partial charge in [-0.25, -0.2) is 0 Å². The molecule has 0 radical (unpaired) electrons. The number of hydrogen-bond acceptors (Lipinski definition) is 5. The number of rotatable bonds is 4. The first-order valence-corrected chi connectivity index (χ1v) is 9.80. The van der Waals surface area contributed by atoms with E-state index in [1.807, 2.05) is 23.6 Å². The summed E-state index contributed by atoms with van der Waals surface area (Å²) in [4.78, 5) is 17.6. The highest BCUT2D eigenvalue weighted by Crippen LogP contribution is 2.34. The maximum absolute atomic E-state index is 12.3. The summed E-state index contributed by atoms with van der Waals surface area (Å²) in [6, 6.07) is 6.11. The number of aromatic nitrogens is 1. The smallest absolute Gasteiger partial charge is 0.266 e. The summed E-state index contributed by atoms with van der Waals surface area (Å²) in [6.45, 7) is 2.90. The quantitative estimate of drug-likeness (QED) is 0.741. The molecule has 0 spiro atoms. The molecule has 0 aliphatic carbocycles. The number of likely N-dealkylation sites (tertiary alicyclic amines) is 1. The van der Waals surface area contributed by atoms with Crippen LogP contribution >= 0.6 is 11.3 Å². The first kappa shape index (κ1) is 17.3. The van der Waals surface area contributed by atoms with E-state index in [4.69, 9.17) is 10.5 Å². The Kier molecular flexibility index (Phi) is 4.80. The van der Waals surface area contributed by atoms with E-state index in [-0.39, 0.29) is 11.6 Å². The average Bonchev–Trinajstić information content (AvgIpc) is 3.12. The molecular formula is C20H23N3O2S. The van der Waals surface area contributed by atoms with Crippen molar-refractivity contribution in [1.82, 2.24) is 9.88 Å². The van der Waals surface area contributed by atoms with E-state index >= 15 is 0 Å². The number of hydrogen-bond donors (Lipinski definition) is 2. The molecule has 3 N–H and O–H groups in total. The lowest BCUT2D eigenvalue weighted by atomic mass is 10.0. The number of aromatic amines is 1. The zero-order chi connectivity index (χ0) is 18.1. The van der Waals surface area contributed by atoms with Gasteiger partial charge in [0.25, 0.3) is 5.56 Å². The molecule has 1 aliphatic rings. The molecule has 0 bridgehead atoms. The van der Waals surface area contributed by atoms with Crippen molar-refractivity contribution in [2.45, 2.75) is 18.9 Å². The summed E-state index contributed by atoms with van der Waals surface area (Å²) < 4.78 is 6.35. The Morgan fingerprint density at radius 3 is 3.12 bits per heavy atom. The van der Waals surface area contributed by atoms with Crippen LogP contribution in [-0.2, 0) is 0 Å². The fraction of sp³-hybridized carbons (Fsp3) is 0.350. The fourth-order valence-electron chi connectivity index (χ4n) is 3.78. The largest absolute Gasteiger partial charge is 0.496 e. The van der Waals surface area contributed by atoms with Crippen molar-refractivity contribution in [3.8, 4) is 5.75 Å². The highest BCUT2D eigenvalue weighted by Gasteiger charge is 2.16. The molecule has 5 nitrogen and oxygen atoms in total. The van der Waals surface area contributed by atoms with Crippen LogP contribution in [0.15, 0.2) is 34.4 Å². The predicted molar refractivity (Wildman–Crippen MR) is 109 cm³/mol. The van der Waals surface area contributed by atoms with E-state index in [0.717, 1.165) is 64.8 Å². The number of nitrogens with zero attached hydrogens (tertiary/aromatic N) is 1. The van der Waals surface area contributed by atoms with Crippen LogP contribution in [0.4, 0.5) is 0 Å². The van der Waals surface area contributed by atoms with Crippen LogP contribution in [0.5, 0.6) is 5.75 Å². The molecule has 4 rings (SSSR count). The normalized spacial score (nSPS) is 18.9. The van der Waals surface area contributed by atoms with Gasteiger partial charge in [0.05, 0.1) is 7.11 Å². The number of nitrogens with two attached hydrogens (primary N) is 1. The number of thiophene rings is 1. The Labute approximate surface area is 156 Å². The highest BCUT2D eigenvalue weighted by atomic mass is 32.1. The van der Waals surface area contributed by atoms with Gasteiger partial charge < -0.3 is 15.5 Å².